The topological polar surface area (TPSA) is 159 Å². The van der Waals surface area contributed by atoms with E-state index in [-0.39, 0.29) is 0 Å². The van der Waals surface area contributed by atoms with Gasteiger partial charge in [-0.05, 0) is 0 Å². The van der Waals surface area contributed by atoms with E-state index >= 15 is 0 Å². The van der Waals surface area contributed by atoms with Crippen LogP contribution < -0.4 is 0 Å². The van der Waals surface area contributed by atoms with Gasteiger partial charge in [0.1, 0.15) is 37.1 Å². The quantitative estimate of drug-likeness (QED) is 0.234. The smallest absolute Gasteiger partial charge is 0.189 e. The molecule has 0 amide bonds. The van der Waals surface area contributed by atoms with Gasteiger partial charge in [-0.1, -0.05) is 0 Å². The lowest BCUT2D eigenvalue weighted by Gasteiger charge is -2.27. The van der Waals surface area contributed by atoms with Gasteiger partial charge >= 0.3 is 0 Å². The van der Waals surface area contributed by atoms with E-state index in [1.807, 2.05) is 0 Å². The van der Waals surface area contributed by atoms with Gasteiger partial charge in [0.05, 0.1) is 6.61 Å². The molecule has 0 aliphatic carbocycles. The number of hydrogen-bond donors (Lipinski definition) is 7. The molecule has 8 nitrogen and oxygen atoms in total. The maximum Gasteiger partial charge on any atom is 0.189 e. The van der Waals surface area contributed by atoms with Crippen molar-refractivity contribution in [3.63, 3.8) is 0 Å². The van der Waals surface area contributed by atoms with Gasteiger partial charge in [-0.25, -0.2) is 0 Å². The minimum Gasteiger partial charge on any atom is -0.394 e. The summed E-state index contributed by atoms with van der Waals surface area (Å²) in [6, 6.07) is 0. The summed E-state index contributed by atoms with van der Waals surface area (Å²) in [5.74, 6) is -1.14. The van der Waals surface area contributed by atoms with Gasteiger partial charge in [-0.15, -0.1) is 0 Å². The molecule has 0 radical (unpaired) electrons. The van der Waals surface area contributed by atoms with E-state index in [2.05, 4.69) is 0 Å². The van der Waals surface area contributed by atoms with Crippen molar-refractivity contribution < 1.29 is 40.5 Å². The summed E-state index contributed by atoms with van der Waals surface area (Å²) in [5.41, 5.74) is 0. The zero-order chi connectivity index (χ0) is 12.9. The highest BCUT2D eigenvalue weighted by Gasteiger charge is 2.36. The van der Waals surface area contributed by atoms with E-state index in [1.54, 1.807) is 0 Å². The SMILES string of the molecule is O=C(CO)[C@@H](O)[C@@H](O)[C@H](O)[C@H](O)C(O)CO. The first-order valence-electron chi connectivity index (χ1n) is 4.51. The van der Waals surface area contributed by atoms with Crippen LogP contribution in [-0.4, -0.2) is 85.3 Å². The van der Waals surface area contributed by atoms with Crippen molar-refractivity contribution in [2.75, 3.05) is 13.2 Å². The van der Waals surface area contributed by atoms with Crippen LogP contribution in [0.5, 0.6) is 0 Å². The van der Waals surface area contributed by atoms with Crippen LogP contribution in [0, 0.1) is 0 Å². The molecule has 0 saturated carbocycles. The van der Waals surface area contributed by atoms with Gasteiger partial charge in [0.2, 0.25) is 0 Å². The summed E-state index contributed by atoms with van der Waals surface area (Å²) in [7, 11) is 0. The minimum atomic E-state index is -2.08. The Labute approximate surface area is 91.0 Å². The maximum absolute atomic E-state index is 10.8. The lowest BCUT2D eigenvalue weighted by atomic mass is 9.97. The Hall–Kier alpha value is -0.610. The second kappa shape index (κ2) is 6.86. The number of Topliss-reactive ketones (excluding diaryl/α,β-unsaturated/α-hetero) is 1. The highest BCUT2D eigenvalue weighted by molar-refractivity contribution is 5.84. The van der Waals surface area contributed by atoms with Crippen LogP contribution in [0.4, 0.5) is 0 Å². The first-order chi connectivity index (χ1) is 7.36. The molecule has 0 fully saturated rings. The third kappa shape index (κ3) is 3.76. The summed E-state index contributed by atoms with van der Waals surface area (Å²) < 4.78 is 0. The molecule has 0 aromatic carbocycles. The largest absolute Gasteiger partial charge is 0.394 e. The molecule has 16 heavy (non-hydrogen) atoms. The van der Waals surface area contributed by atoms with Crippen molar-refractivity contribution in [2.24, 2.45) is 0 Å². The highest BCUT2D eigenvalue weighted by atomic mass is 16.4. The molecule has 0 rings (SSSR count). The Morgan fingerprint density at radius 1 is 0.875 bits per heavy atom. The van der Waals surface area contributed by atoms with Crippen LogP contribution in [0.1, 0.15) is 0 Å². The molecule has 0 aliphatic rings. The molecule has 0 aromatic rings. The lowest BCUT2D eigenvalue weighted by Crippen LogP contribution is -2.52. The second-order valence-electron chi connectivity index (χ2n) is 3.29. The zero-order valence-electron chi connectivity index (χ0n) is 8.34. The molecule has 8 heteroatoms. The fourth-order valence-electron chi connectivity index (χ4n) is 1.01. The Bertz CT molecular complexity index is 220. The molecule has 7 N–H and O–H groups in total. The number of aliphatic hydroxyl groups is 7. The Kier molecular flexibility index (Phi) is 6.60. The first-order valence-corrected chi connectivity index (χ1v) is 4.51. The van der Waals surface area contributed by atoms with Gasteiger partial charge in [-0.3, -0.25) is 4.79 Å². The van der Waals surface area contributed by atoms with Crippen molar-refractivity contribution in [1.82, 2.24) is 0 Å². The summed E-state index contributed by atoms with van der Waals surface area (Å²) in [6.07, 6.45) is -9.84. The molecule has 0 spiro atoms. The predicted molar refractivity (Wildman–Crippen MR) is 49.2 cm³/mol. The fourth-order valence-corrected chi connectivity index (χ4v) is 1.01. The van der Waals surface area contributed by atoms with E-state index in [4.69, 9.17) is 25.5 Å². The highest BCUT2D eigenvalue weighted by Crippen LogP contribution is 2.09. The molecule has 0 aliphatic heterocycles. The molecule has 0 saturated heterocycles. The number of rotatable bonds is 7. The van der Waals surface area contributed by atoms with Crippen molar-refractivity contribution in [3.8, 4) is 0 Å². The van der Waals surface area contributed by atoms with Crippen LogP contribution in [0.2, 0.25) is 0 Å². The van der Waals surface area contributed by atoms with E-state index in [0.29, 0.717) is 0 Å². The van der Waals surface area contributed by atoms with Gasteiger partial charge in [0.25, 0.3) is 0 Å². The summed E-state index contributed by atoms with van der Waals surface area (Å²) in [4.78, 5) is 10.8. The van der Waals surface area contributed by atoms with Crippen molar-refractivity contribution in [3.05, 3.63) is 0 Å². The van der Waals surface area contributed by atoms with E-state index < -0.39 is 49.5 Å². The van der Waals surface area contributed by atoms with Crippen LogP contribution in [0.25, 0.3) is 0 Å². The Morgan fingerprint density at radius 3 is 1.75 bits per heavy atom. The molecule has 5 atom stereocenters. The molecular formula is C8H16O8. The van der Waals surface area contributed by atoms with Crippen molar-refractivity contribution in [1.29, 1.82) is 0 Å². The summed E-state index contributed by atoms with van der Waals surface area (Å²) >= 11 is 0. The van der Waals surface area contributed by atoms with Gasteiger partial charge in [0, 0.05) is 0 Å². The number of carbonyl (C=O) groups is 1. The van der Waals surface area contributed by atoms with E-state index in [9.17, 15) is 15.0 Å². The van der Waals surface area contributed by atoms with Gasteiger partial charge in [0.15, 0.2) is 5.78 Å². The second-order valence-corrected chi connectivity index (χ2v) is 3.29. The third-order valence-electron chi connectivity index (χ3n) is 2.09. The van der Waals surface area contributed by atoms with Gasteiger partial charge < -0.3 is 35.7 Å². The standard InChI is InChI=1S/C8H16O8/c9-1-3(11)5(13)7(15)8(16)6(14)4(12)2-10/h3,5-11,13-16H,1-2H2/t3?,5-,6-,7-,8-/m1/s1. The average Bonchev–Trinajstić information content (AvgIpc) is 2.32. The molecule has 0 heterocycles. The van der Waals surface area contributed by atoms with Crippen LogP contribution in [0.3, 0.4) is 0 Å². The number of carbonyl (C=O) groups excluding carboxylic acids is 1. The summed E-state index contributed by atoms with van der Waals surface area (Å²) in [5, 5.41) is 62.5. The van der Waals surface area contributed by atoms with Crippen molar-refractivity contribution in [2.45, 2.75) is 30.5 Å². The van der Waals surface area contributed by atoms with E-state index in [0.717, 1.165) is 0 Å². The molecular weight excluding hydrogens is 224 g/mol. The zero-order valence-corrected chi connectivity index (χ0v) is 8.34. The third-order valence-corrected chi connectivity index (χ3v) is 2.09. The van der Waals surface area contributed by atoms with Crippen LogP contribution >= 0.6 is 0 Å². The Balaban J connectivity index is 4.47. The molecule has 0 bridgehead atoms. The van der Waals surface area contributed by atoms with Crippen molar-refractivity contribution >= 4 is 5.78 Å². The number of hydrogen-bond acceptors (Lipinski definition) is 8. The number of aliphatic hydroxyl groups excluding tert-OH is 7. The molecule has 1 unspecified atom stereocenters. The lowest BCUT2D eigenvalue weighted by molar-refractivity contribution is -0.157. The van der Waals surface area contributed by atoms with Crippen LogP contribution in [-0.2, 0) is 4.79 Å². The minimum absolute atomic E-state index is 0.866. The predicted octanol–water partition coefficient (Wildman–Crippen LogP) is -4.66. The molecule has 0 aromatic heterocycles. The Morgan fingerprint density at radius 2 is 1.38 bits per heavy atom. The maximum atomic E-state index is 10.8. The normalized spacial score (nSPS) is 20.9. The monoisotopic (exact) mass is 240 g/mol. The van der Waals surface area contributed by atoms with Crippen LogP contribution in [0.15, 0.2) is 0 Å². The number of ketones is 1. The van der Waals surface area contributed by atoms with Gasteiger partial charge in [-0.2, -0.15) is 0 Å². The molecule has 96 valence electrons. The fraction of sp³-hybridized carbons (Fsp3) is 0.875. The average molecular weight is 240 g/mol. The first kappa shape index (κ1) is 15.4. The van der Waals surface area contributed by atoms with E-state index in [1.165, 1.54) is 0 Å². The summed E-state index contributed by atoms with van der Waals surface area (Å²) in [6.45, 7) is -1.90.